The van der Waals surface area contributed by atoms with Gasteiger partial charge >= 0.3 is 0 Å². The highest BCUT2D eigenvalue weighted by atomic mass is 16.5. The van der Waals surface area contributed by atoms with Gasteiger partial charge < -0.3 is 19.5 Å². The zero-order valence-corrected chi connectivity index (χ0v) is 18.3. The molecule has 0 bridgehead atoms. The second kappa shape index (κ2) is 11.3. The number of nitrogens with zero attached hydrogens (tertiary/aromatic N) is 2. The van der Waals surface area contributed by atoms with E-state index in [0.717, 1.165) is 44.1 Å². The molecule has 31 heavy (non-hydrogen) atoms. The van der Waals surface area contributed by atoms with Gasteiger partial charge in [0.2, 0.25) is 5.96 Å². The van der Waals surface area contributed by atoms with E-state index in [0.29, 0.717) is 29.6 Å². The number of nitrogens with one attached hydrogen (secondary N) is 2. The van der Waals surface area contributed by atoms with Crippen LogP contribution in [-0.4, -0.2) is 70.4 Å². The fraction of sp³-hybridized carbons (Fsp3) is 0.391. The first kappa shape index (κ1) is 22.6. The molecule has 1 fully saturated rings. The number of rotatable bonds is 7. The zero-order chi connectivity index (χ0) is 22.1. The number of amides is 1. The minimum Gasteiger partial charge on any atom is -0.493 e. The summed E-state index contributed by atoms with van der Waals surface area (Å²) in [5.74, 6) is 1.37. The lowest BCUT2D eigenvalue weighted by Crippen LogP contribution is -2.39. The van der Waals surface area contributed by atoms with Gasteiger partial charge in [0.25, 0.3) is 5.91 Å². The molecular weight excluding hydrogens is 396 g/mol. The zero-order valence-electron chi connectivity index (χ0n) is 18.3. The Bertz CT molecular complexity index is 893. The molecule has 2 aromatic carbocycles. The average Bonchev–Trinajstić information content (AvgIpc) is 2.80. The molecule has 166 valence electrons. The number of morpholine rings is 1. The molecule has 1 amide bonds. The summed E-state index contributed by atoms with van der Waals surface area (Å²) in [5.41, 5.74) is 2.40. The fourth-order valence-electron chi connectivity index (χ4n) is 3.17. The molecule has 0 spiro atoms. The molecule has 1 heterocycles. The van der Waals surface area contributed by atoms with Crippen LogP contribution in [0.4, 0.5) is 5.69 Å². The Labute approximate surface area is 183 Å². The molecule has 0 aromatic heterocycles. The fourth-order valence-corrected chi connectivity index (χ4v) is 3.17. The van der Waals surface area contributed by atoms with Crippen LogP contribution in [0.15, 0.2) is 47.5 Å². The third-order valence-electron chi connectivity index (χ3n) is 4.98. The van der Waals surface area contributed by atoms with E-state index in [1.807, 2.05) is 25.1 Å². The van der Waals surface area contributed by atoms with Gasteiger partial charge in [0.1, 0.15) is 0 Å². The summed E-state index contributed by atoms with van der Waals surface area (Å²) in [7, 11) is 3.17. The van der Waals surface area contributed by atoms with Crippen molar-refractivity contribution >= 4 is 17.6 Å². The van der Waals surface area contributed by atoms with Gasteiger partial charge in [0, 0.05) is 37.0 Å². The molecule has 1 aliphatic heterocycles. The monoisotopic (exact) mass is 426 g/mol. The van der Waals surface area contributed by atoms with Crippen LogP contribution < -0.4 is 20.1 Å². The van der Waals surface area contributed by atoms with Gasteiger partial charge in [-0.05, 0) is 31.2 Å². The maximum absolute atomic E-state index is 12.7. The quantitative estimate of drug-likeness (QED) is 0.523. The predicted molar refractivity (Wildman–Crippen MR) is 121 cm³/mol. The molecular formula is C23H30N4O4. The first-order valence-electron chi connectivity index (χ1n) is 10.3. The number of methoxy groups -OCH3 is 2. The lowest BCUT2D eigenvalue weighted by atomic mass is 10.1. The lowest BCUT2D eigenvalue weighted by molar-refractivity contribution is 0.0394. The van der Waals surface area contributed by atoms with E-state index in [1.54, 1.807) is 38.5 Å². The summed E-state index contributed by atoms with van der Waals surface area (Å²) in [6.07, 6.45) is 0. The summed E-state index contributed by atoms with van der Waals surface area (Å²) >= 11 is 0. The number of anilines is 1. The van der Waals surface area contributed by atoms with Gasteiger partial charge in [0.15, 0.2) is 11.5 Å². The number of aryl methyl sites for hydroxylation is 1. The van der Waals surface area contributed by atoms with E-state index in [9.17, 15) is 4.79 Å². The largest absolute Gasteiger partial charge is 0.493 e. The SMILES string of the molecule is COc1ccc(NC(=NCCN2CCOCC2)NC(=O)c2ccc(C)cc2)cc1OC. The van der Waals surface area contributed by atoms with Gasteiger partial charge in [-0.25, -0.2) is 0 Å². The Hall–Kier alpha value is -3.10. The molecule has 0 aliphatic carbocycles. The smallest absolute Gasteiger partial charge is 0.257 e. The maximum atomic E-state index is 12.7. The second-order valence-electron chi connectivity index (χ2n) is 7.20. The van der Waals surface area contributed by atoms with Gasteiger partial charge in [0.05, 0.1) is 34.0 Å². The number of hydrogen-bond acceptors (Lipinski definition) is 6. The summed E-state index contributed by atoms with van der Waals surface area (Å²) < 4.78 is 16.0. The minimum atomic E-state index is -0.224. The first-order valence-corrected chi connectivity index (χ1v) is 10.3. The predicted octanol–water partition coefficient (Wildman–Crippen LogP) is 2.54. The molecule has 0 atom stereocenters. The summed E-state index contributed by atoms with van der Waals surface area (Å²) in [6, 6.07) is 12.9. The van der Waals surface area contributed by atoms with Crippen molar-refractivity contribution in [1.29, 1.82) is 0 Å². The van der Waals surface area contributed by atoms with Crippen molar-refractivity contribution < 1.29 is 19.0 Å². The van der Waals surface area contributed by atoms with E-state index in [2.05, 4.69) is 20.5 Å². The first-order chi connectivity index (χ1) is 15.1. The van der Waals surface area contributed by atoms with Crippen molar-refractivity contribution in [1.82, 2.24) is 10.2 Å². The van der Waals surface area contributed by atoms with Crippen molar-refractivity contribution in [3.63, 3.8) is 0 Å². The van der Waals surface area contributed by atoms with Crippen LogP contribution in [0.5, 0.6) is 11.5 Å². The van der Waals surface area contributed by atoms with Crippen molar-refractivity contribution in [2.45, 2.75) is 6.92 Å². The highest BCUT2D eigenvalue weighted by molar-refractivity contribution is 6.10. The van der Waals surface area contributed by atoms with E-state index >= 15 is 0 Å². The number of guanidine groups is 1. The van der Waals surface area contributed by atoms with E-state index < -0.39 is 0 Å². The Morgan fingerprint density at radius 1 is 1.06 bits per heavy atom. The van der Waals surface area contributed by atoms with Crippen LogP contribution in [-0.2, 0) is 4.74 Å². The Morgan fingerprint density at radius 3 is 2.45 bits per heavy atom. The van der Waals surface area contributed by atoms with Gasteiger partial charge in [-0.15, -0.1) is 0 Å². The average molecular weight is 427 g/mol. The molecule has 0 unspecified atom stereocenters. The Morgan fingerprint density at radius 2 is 1.77 bits per heavy atom. The van der Waals surface area contributed by atoms with E-state index in [4.69, 9.17) is 14.2 Å². The molecule has 1 saturated heterocycles. The molecule has 1 aliphatic rings. The van der Waals surface area contributed by atoms with E-state index in [-0.39, 0.29) is 5.91 Å². The van der Waals surface area contributed by atoms with Crippen LogP contribution in [0.2, 0.25) is 0 Å². The van der Waals surface area contributed by atoms with Crippen molar-refractivity contribution in [3.05, 3.63) is 53.6 Å². The van der Waals surface area contributed by atoms with Crippen molar-refractivity contribution in [2.24, 2.45) is 4.99 Å². The summed E-state index contributed by atoms with van der Waals surface area (Å²) in [6.45, 7) is 6.59. The maximum Gasteiger partial charge on any atom is 0.257 e. The standard InChI is InChI=1S/C23H30N4O4/c1-17-4-6-18(7-5-17)22(28)26-23(24-10-11-27-12-14-31-15-13-27)25-19-8-9-20(29-2)21(16-19)30-3/h4-9,16H,10-15H2,1-3H3,(H2,24,25,26,28). The van der Waals surface area contributed by atoms with Crippen LogP contribution in [0.25, 0.3) is 0 Å². The number of carbonyl (C=O) groups excluding carboxylic acids is 1. The van der Waals surface area contributed by atoms with Crippen LogP contribution in [0, 0.1) is 6.92 Å². The highest BCUT2D eigenvalue weighted by Gasteiger charge is 2.13. The Balaban J connectivity index is 1.73. The van der Waals surface area contributed by atoms with Gasteiger partial charge in [-0.2, -0.15) is 0 Å². The topological polar surface area (TPSA) is 84.4 Å². The number of aliphatic imine (C=N–C) groups is 1. The molecule has 8 heteroatoms. The van der Waals surface area contributed by atoms with Crippen LogP contribution in [0.1, 0.15) is 15.9 Å². The van der Waals surface area contributed by atoms with Crippen LogP contribution in [0.3, 0.4) is 0 Å². The minimum absolute atomic E-state index is 0.224. The highest BCUT2D eigenvalue weighted by Crippen LogP contribution is 2.29. The van der Waals surface area contributed by atoms with Gasteiger partial charge in [-0.3, -0.25) is 20.0 Å². The number of hydrogen-bond donors (Lipinski definition) is 2. The van der Waals surface area contributed by atoms with Crippen molar-refractivity contribution in [2.75, 3.05) is 58.9 Å². The normalized spacial score (nSPS) is 14.7. The molecule has 2 N–H and O–H groups in total. The summed E-state index contributed by atoms with van der Waals surface area (Å²) in [4.78, 5) is 19.6. The molecule has 2 aromatic rings. The number of carbonyl (C=O) groups is 1. The third kappa shape index (κ3) is 6.70. The molecule has 3 rings (SSSR count). The molecule has 8 nitrogen and oxygen atoms in total. The molecule has 0 saturated carbocycles. The summed E-state index contributed by atoms with van der Waals surface area (Å²) in [5, 5.41) is 6.08. The second-order valence-corrected chi connectivity index (χ2v) is 7.20. The van der Waals surface area contributed by atoms with Crippen molar-refractivity contribution in [3.8, 4) is 11.5 Å². The van der Waals surface area contributed by atoms with Gasteiger partial charge in [-0.1, -0.05) is 17.7 Å². The van der Waals surface area contributed by atoms with Crippen LogP contribution >= 0.6 is 0 Å². The third-order valence-corrected chi connectivity index (χ3v) is 4.98. The lowest BCUT2D eigenvalue weighted by Gasteiger charge is -2.25. The molecule has 0 radical (unpaired) electrons. The van der Waals surface area contributed by atoms with E-state index in [1.165, 1.54) is 0 Å². The Kier molecular flexibility index (Phi) is 8.26. The number of ether oxygens (including phenoxy) is 3. The number of benzene rings is 2.